The van der Waals surface area contributed by atoms with E-state index in [0.29, 0.717) is 0 Å². The first kappa shape index (κ1) is 10.4. The lowest BCUT2D eigenvalue weighted by atomic mass is 10.3. The molecule has 0 saturated heterocycles. The number of halogens is 1. The van der Waals surface area contributed by atoms with Crippen LogP contribution in [0.15, 0.2) is 6.07 Å². The minimum absolute atomic E-state index is 0.803. The van der Waals surface area contributed by atoms with E-state index in [1.165, 1.54) is 0 Å². The molecule has 72 valence electrons. The molecule has 0 aromatic carbocycles. The fourth-order valence-corrected chi connectivity index (χ4v) is 1.64. The van der Waals surface area contributed by atoms with Crippen LogP contribution in [0.25, 0.3) is 0 Å². The third-order valence-electron chi connectivity index (χ3n) is 1.73. The summed E-state index contributed by atoms with van der Waals surface area (Å²) < 4.78 is 0. The first-order valence-electron chi connectivity index (χ1n) is 4.23. The van der Waals surface area contributed by atoms with E-state index in [1.807, 2.05) is 31.9 Å². The van der Waals surface area contributed by atoms with E-state index in [9.17, 15) is 0 Å². The molecule has 1 rings (SSSR count). The summed E-state index contributed by atoms with van der Waals surface area (Å²) in [5.41, 5.74) is 2.04. The third-order valence-corrected chi connectivity index (χ3v) is 2.09. The number of hydrogen-bond donors (Lipinski definition) is 0. The molecule has 0 saturated carbocycles. The average molecular weight is 244 g/mol. The van der Waals surface area contributed by atoms with Gasteiger partial charge < -0.3 is 4.90 Å². The van der Waals surface area contributed by atoms with Gasteiger partial charge in [-0.05, 0) is 19.9 Å². The molecule has 0 aliphatic heterocycles. The number of aryl methyl sites for hydroxylation is 2. The molecule has 3 nitrogen and oxygen atoms in total. The van der Waals surface area contributed by atoms with Crippen molar-refractivity contribution in [2.45, 2.75) is 13.8 Å². The zero-order chi connectivity index (χ0) is 9.84. The topological polar surface area (TPSA) is 29.0 Å². The van der Waals surface area contributed by atoms with Gasteiger partial charge in [0.2, 0.25) is 5.95 Å². The van der Waals surface area contributed by atoms with Gasteiger partial charge in [0.05, 0.1) is 0 Å². The van der Waals surface area contributed by atoms with Crippen LogP contribution in [0.4, 0.5) is 5.95 Å². The van der Waals surface area contributed by atoms with Crippen molar-refractivity contribution >= 4 is 21.9 Å². The number of rotatable bonds is 3. The maximum Gasteiger partial charge on any atom is 0.225 e. The molecule has 0 radical (unpaired) electrons. The molecule has 0 amide bonds. The second-order valence-corrected chi connectivity index (χ2v) is 3.85. The summed E-state index contributed by atoms with van der Waals surface area (Å²) in [5.74, 6) is 0.803. The van der Waals surface area contributed by atoms with E-state index in [0.717, 1.165) is 29.2 Å². The van der Waals surface area contributed by atoms with Gasteiger partial charge in [-0.25, -0.2) is 9.97 Å². The number of aromatic nitrogens is 2. The Hall–Kier alpha value is -0.640. The Kier molecular flexibility index (Phi) is 3.66. The molecular weight excluding hydrogens is 230 g/mol. The van der Waals surface area contributed by atoms with Gasteiger partial charge in [-0.15, -0.1) is 0 Å². The van der Waals surface area contributed by atoms with Crippen molar-refractivity contribution < 1.29 is 0 Å². The summed E-state index contributed by atoms with van der Waals surface area (Å²) in [6.07, 6.45) is 0. The fraction of sp³-hybridized carbons (Fsp3) is 0.556. The summed E-state index contributed by atoms with van der Waals surface area (Å²) in [5, 5.41) is 0.930. The number of anilines is 1. The standard InChI is InChI=1S/C9H14BrN3/c1-7-6-8(2)12-9(11-7)13(3)5-4-10/h6H,4-5H2,1-3H3. The number of alkyl halides is 1. The van der Waals surface area contributed by atoms with Crippen molar-refractivity contribution in [2.24, 2.45) is 0 Å². The quantitative estimate of drug-likeness (QED) is 0.760. The highest BCUT2D eigenvalue weighted by Crippen LogP contribution is 2.07. The van der Waals surface area contributed by atoms with Crippen molar-refractivity contribution in [1.29, 1.82) is 0 Å². The van der Waals surface area contributed by atoms with Gasteiger partial charge >= 0.3 is 0 Å². The van der Waals surface area contributed by atoms with Crippen LogP contribution in [0.2, 0.25) is 0 Å². The minimum atomic E-state index is 0.803. The Morgan fingerprint density at radius 3 is 2.31 bits per heavy atom. The third kappa shape index (κ3) is 2.95. The van der Waals surface area contributed by atoms with Gasteiger partial charge in [-0.2, -0.15) is 0 Å². The van der Waals surface area contributed by atoms with Crippen molar-refractivity contribution in [3.8, 4) is 0 Å². The summed E-state index contributed by atoms with van der Waals surface area (Å²) in [7, 11) is 2.00. The van der Waals surface area contributed by atoms with E-state index >= 15 is 0 Å². The monoisotopic (exact) mass is 243 g/mol. The van der Waals surface area contributed by atoms with E-state index < -0.39 is 0 Å². The van der Waals surface area contributed by atoms with Crippen LogP contribution in [0.1, 0.15) is 11.4 Å². The van der Waals surface area contributed by atoms with E-state index in [2.05, 4.69) is 25.9 Å². The summed E-state index contributed by atoms with van der Waals surface area (Å²) in [6, 6.07) is 1.98. The molecule has 1 heterocycles. The molecule has 4 heteroatoms. The molecule has 0 atom stereocenters. The maximum absolute atomic E-state index is 4.35. The molecule has 0 N–H and O–H groups in total. The van der Waals surface area contributed by atoms with Crippen molar-refractivity contribution in [3.63, 3.8) is 0 Å². The molecule has 1 aromatic rings. The Balaban J connectivity index is 2.87. The normalized spacial score (nSPS) is 10.2. The van der Waals surface area contributed by atoms with Gasteiger partial charge in [-0.1, -0.05) is 15.9 Å². The lowest BCUT2D eigenvalue weighted by molar-refractivity contribution is 0.889. The van der Waals surface area contributed by atoms with Crippen LogP contribution < -0.4 is 4.90 Å². The Morgan fingerprint density at radius 1 is 1.31 bits per heavy atom. The Morgan fingerprint density at radius 2 is 1.85 bits per heavy atom. The van der Waals surface area contributed by atoms with Crippen LogP contribution in [-0.4, -0.2) is 28.9 Å². The Labute approximate surface area is 87.3 Å². The van der Waals surface area contributed by atoms with Crippen LogP contribution in [-0.2, 0) is 0 Å². The van der Waals surface area contributed by atoms with Crippen molar-refractivity contribution in [3.05, 3.63) is 17.5 Å². The fourth-order valence-electron chi connectivity index (χ4n) is 1.10. The SMILES string of the molecule is Cc1cc(C)nc(N(C)CCBr)n1. The Bertz CT molecular complexity index is 268. The second kappa shape index (κ2) is 4.56. The predicted octanol–water partition coefficient (Wildman–Crippen LogP) is 1.92. The highest BCUT2D eigenvalue weighted by Gasteiger charge is 2.03. The molecular formula is C9H14BrN3. The average Bonchev–Trinajstić information content (AvgIpc) is 2.03. The first-order valence-corrected chi connectivity index (χ1v) is 5.35. The molecule has 0 bridgehead atoms. The summed E-state index contributed by atoms with van der Waals surface area (Å²) >= 11 is 3.39. The van der Waals surface area contributed by atoms with E-state index in [1.54, 1.807) is 0 Å². The van der Waals surface area contributed by atoms with Gasteiger partial charge in [0, 0.05) is 30.3 Å². The molecule has 0 aliphatic rings. The van der Waals surface area contributed by atoms with Crippen molar-refractivity contribution in [1.82, 2.24) is 9.97 Å². The van der Waals surface area contributed by atoms with Gasteiger partial charge in [0.1, 0.15) is 0 Å². The predicted molar refractivity (Wildman–Crippen MR) is 58.6 cm³/mol. The van der Waals surface area contributed by atoms with Crippen LogP contribution >= 0.6 is 15.9 Å². The highest BCUT2D eigenvalue weighted by molar-refractivity contribution is 9.09. The van der Waals surface area contributed by atoms with E-state index in [4.69, 9.17) is 0 Å². The lowest BCUT2D eigenvalue weighted by Crippen LogP contribution is -2.22. The number of hydrogen-bond acceptors (Lipinski definition) is 3. The lowest BCUT2D eigenvalue weighted by Gasteiger charge is -2.15. The largest absolute Gasteiger partial charge is 0.343 e. The molecule has 13 heavy (non-hydrogen) atoms. The van der Waals surface area contributed by atoms with Gasteiger partial charge in [-0.3, -0.25) is 0 Å². The maximum atomic E-state index is 4.35. The highest BCUT2D eigenvalue weighted by atomic mass is 79.9. The molecule has 0 fully saturated rings. The molecule has 0 spiro atoms. The van der Waals surface area contributed by atoms with E-state index in [-0.39, 0.29) is 0 Å². The van der Waals surface area contributed by atoms with Crippen LogP contribution in [0.5, 0.6) is 0 Å². The second-order valence-electron chi connectivity index (χ2n) is 3.06. The zero-order valence-corrected chi connectivity index (χ0v) is 9.80. The van der Waals surface area contributed by atoms with Crippen LogP contribution in [0, 0.1) is 13.8 Å². The smallest absolute Gasteiger partial charge is 0.225 e. The first-order chi connectivity index (χ1) is 6.13. The minimum Gasteiger partial charge on any atom is -0.343 e. The van der Waals surface area contributed by atoms with Crippen molar-refractivity contribution in [2.75, 3.05) is 23.8 Å². The summed E-state index contributed by atoms with van der Waals surface area (Å²) in [6.45, 7) is 4.89. The number of nitrogens with zero attached hydrogens (tertiary/aromatic N) is 3. The van der Waals surface area contributed by atoms with Gasteiger partial charge in [0.15, 0.2) is 0 Å². The zero-order valence-electron chi connectivity index (χ0n) is 8.21. The molecule has 0 aliphatic carbocycles. The van der Waals surface area contributed by atoms with Crippen LogP contribution in [0.3, 0.4) is 0 Å². The summed E-state index contributed by atoms with van der Waals surface area (Å²) in [4.78, 5) is 10.7. The molecule has 1 aromatic heterocycles. The van der Waals surface area contributed by atoms with Gasteiger partial charge in [0.25, 0.3) is 0 Å². The molecule has 0 unspecified atom stereocenters.